The Kier molecular flexibility index (Phi) is 4.45. The fourth-order valence-corrected chi connectivity index (χ4v) is 1.62. The molecule has 0 spiro atoms. The van der Waals surface area contributed by atoms with Crippen molar-refractivity contribution in [1.82, 2.24) is 4.98 Å². The molecule has 0 bridgehead atoms. The molecule has 0 fully saturated rings. The minimum Gasteiger partial charge on any atom is -0.475 e. The molecule has 0 unspecified atom stereocenters. The summed E-state index contributed by atoms with van der Waals surface area (Å²) in [6.45, 7) is 0.479. The predicted octanol–water partition coefficient (Wildman–Crippen LogP) is 3.59. The quantitative estimate of drug-likeness (QED) is 0.851. The van der Waals surface area contributed by atoms with Gasteiger partial charge in [-0.1, -0.05) is 18.2 Å². The van der Waals surface area contributed by atoms with E-state index in [4.69, 9.17) is 4.74 Å². The van der Waals surface area contributed by atoms with E-state index in [0.29, 0.717) is 6.54 Å². The molecule has 0 radical (unpaired) electrons. The van der Waals surface area contributed by atoms with Crippen LogP contribution in [0.2, 0.25) is 0 Å². The van der Waals surface area contributed by atoms with Crippen molar-refractivity contribution >= 4 is 5.69 Å². The maximum absolute atomic E-state index is 12.7. The number of hydrogen-bond donors (Lipinski definition) is 1. The number of para-hydroxylation sites is 1. The normalized spacial score (nSPS) is 11.2. The van der Waals surface area contributed by atoms with Gasteiger partial charge in [-0.05, 0) is 24.3 Å². The van der Waals surface area contributed by atoms with Crippen LogP contribution >= 0.6 is 0 Å². The second-order valence-corrected chi connectivity index (χ2v) is 4.00. The van der Waals surface area contributed by atoms with E-state index in [-0.39, 0.29) is 6.61 Å². The van der Waals surface area contributed by atoms with Crippen molar-refractivity contribution in [3.05, 3.63) is 54.2 Å². The lowest BCUT2D eigenvalue weighted by molar-refractivity contribution is -0.139. The molecule has 0 saturated carbocycles. The van der Waals surface area contributed by atoms with Crippen LogP contribution in [0.5, 0.6) is 5.88 Å². The van der Waals surface area contributed by atoms with Crippen LogP contribution in [0.3, 0.4) is 0 Å². The van der Waals surface area contributed by atoms with Crippen LogP contribution in [-0.2, 0) is 6.18 Å². The molecule has 1 aromatic heterocycles. The summed E-state index contributed by atoms with van der Waals surface area (Å²) in [5.41, 5.74) is 0.0212. The lowest BCUT2D eigenvalue weighted by Crippen LogP contribution is -2.15. The number of halogens is 3. The van der Waals surface area contributed by atoms with Crippen molar-refractivity contribution < 1.29 is 17.9 Å². The smallest absolute Gasteiger partial charge is 0.421 e. The fourth-order valence-electron chi connectivity index (χ4n) is 1.62. The first-order valence-corrected chi connectivity index (χ1v) is 6.01. The van der Waals surface area contributed by atoms with Gasteiger partial charge in [0.25, 0.3) is 0 Å². The maximum atomic E-state index is 12.7. The Balaban J connectivity index is 1.89. The lowest BCUT2D eigenvalue weighted by Gasteiger charge is -2.13. The summed E-state index contributed by atoms with van der Waals surface area (Å²) < 4.78 is 43.2. The van der Waals surface area contributed by atoms with Crippen molar-refractivity contribution in [2.24, 2.45) is 0 Å². The summed E-state index contributed by atoms with van der Waals surface area (Å²) in [6.07, 6.45) is -3.19. The van der Waals surface area contributed by atoms with Gasteiger partial charge in [0, 0.05) is 18.4 Å². The molecule has 2 rings (SSSR count). The third-order valence-corrected chi connectivity index (χ3v) is 2.52. The van der Waals surface area contributed by atoms with E-state index in [1.165, 1.54) is 12.3 Å². The van der Waals surface area contributed by atoms with Crippen LogP contribution in [0.1, 0.15) is 5.56 Å². The number of benzene rings is 1. The monoisotopic (exact) mass is 282 g/mol. The molecule has 0 aliphatic rings. The zero-order valence-corrected chi connectivity index (χ0v) is 10.5. The molecule has 2 aromatic rings. The molecule has 1 heterocycles. The van der Waals surface area contributed by atoms with E-state index in [9.17, 15) is 13.2 Å². The number of anilines is 1. The van der Waals surface area contributed by atoms with Crippen molar-refractivity contribution in [2.45, 2.75) is 6.18 Å². The Morgan fingerprint density at radius 2 is 1.80 bits per heavy atom. The van der Waals surface area contributed by atoms with Gasteiger partial charge in [0.15, 0.2) is 0 Å². The molecule has 0 atom stereocenters. The largest absolute Gasteiger partial charge is 0.475 e. The van der Waals surface area contributed by atoms with Gasteiger partial charge in [-0.25, -0.2) is 4.98 Å². The molecular formula is C14H13F3N2O. The number of rotatable bonds is 5. The van der Waals surface area contributed by atoms with Crippen molar-refractivity contribution in [1.29, 1.82) is 0 Å². The fraction of sp³-hybridized carbons (Fsp3) is 0.214. The number of hydrogen-bond acceptors (Lipinski definition) is 3. The molecule has 3 nitrogen and oxygen atoms in total. The maximum Gasteiger partial charge on any atom is 0.421 e. The molecule has 1 N–H and O–H groups in total. The molecule has 106 valence electrons. The molecule has 6 heteroatoms. The first-order valence-electron chi connectivity index (χ1n) is 6.01. The second-order valence-electron chi connectivity index (χ2n) is 4.00. The standard InChI is InChI=1S/C14H13F3N2O/c15-14(16,17)12-7-4-8-19-13(12)20-10-9-18-11-5-2-1-3-6-11/h1-8,18H,9-10H2. The summed E-state index contributed by atoms with van der Waals surface area (Å²) in [5, 5.41) is 3.04. The topological polar surface area (TPSA) is 34.1 Å². The highest BCUT2D eigenvalue weighted by atomic mass is 19.4. The van der Waals surface area contributed by atoms with Gasteiger partial charge in [0.2, 0.25) is 5.88 Å². The van der Waals surface area contributed by atoms with Gasteiger partial charge in [-0.3, -0.25) is 0 Å². The Morgan fingerprint density at radius 1 is 1.05 bits per heavy atom. The zero-order chi connectivity index (χ0) is 14.4. The number of nitrogens with zero attached hydrogens (tertiary/aromatic N) is 1. The Hall–Kier alpha value is -2.24. The highest BCUT2D eigenvalue weighted by molar-refractivity contribution is 5.42. The predicted molar refractivity (Wildman–Crippen MR) is 69.7 cm³/mol. The summed E-state index contributed by atoms with van der Waals surface area (Å²) in [4.78, 5) is 3.62. The lowest BCUT2D eigenvalue weighted by atomic mass is 10.2. The SMILES string of the molecule is FC(F)(F)c1cccnc1OCCNc1ccccc1. The molecular weight excluding hydrogens is 269 g/mol. The Morgan fingerprint density at radius 3 is 2.50 bits per heavy atom. The number of alkyl halides is 3. The van der Waals surface area contributed by atoms with Crippen molar-refractivity contribution in [3.8, 4) is 5.88 Å². The van der Waals surface area contributed by atoms with Gasteiger partial charge >= 0.3 is 6.18 Å². The zero-order valence-electron chi connectivity index (χ0n) is 10.5. The third-order valence-electron chi connectivity index (χ3n) is 2.52. The van der Waals surface area contributed by atoms with Gasteiger partial charge < -0.3 is 10.1 Å². The van der Waals surface area contributed by atoms with Gasteiger partial charge in [0.1, 0.15) is 12.2 Å². The number of ether oxygens (including phenoxy) is 1. The Bertz CT molecular complexity index is 544. The Labute approximate surface area is 114 Å². The average molecular weight is 282 g/mol. The minimum absolute atomic E-state index is 0.0922. The second kappa shape index (κ2) is 6.27. The summed E-state index contributed by atoms with van der Waals surface area (Å²) in [6, 6.07) is 11.5. The van der Waals surface area contributed by atoms with E-state index >= 15 is 0 Å². The first-order chi connectivity index (χ1) is 9.57. The average Bonchev–Trinajstić information content (AvgIpc) is 2.44. The van der Waals surface area contributed by atoms with E-state index in [2.05, 4.69) is 10.3 Å². The molecule has 1 aromatic carbocycles. The number of nitrogens with one attached hydrogen (secondary N) is 1. The molecule has 0 aliphatic heterocycles. The summed E-state index contributed by atoms with van der Waals surface area (Å²) in [5.74, 6) is -0.394. The van der Waals surface area contributed by atoms with Crippen molar-refractivity contribution in [2.75, 3.05) is 18.5 Å². The van der Waals surface area contributed by atoms with Crippen LogP contribution in [-0.4, -0.2) is 18.1 Å². The molecule has 0 amide bonds. The number of pyridine rings is 1. The van der Waals surface area contributed by atoms with Crippen LogP contribution in [0.25, 0.3) is 0 Å². The highest BCUT2D eigenvalue weighted by Crippen LogP contribution is 2.34. The highest BCUT2D eigenvalue weighted by Gasteiger charge is 2.34. The van der Waals surface area contributed by atoms with E-state index < -0.39 is 17.6 Å². The summed E-state index contributed by atoms with van der Waals surface area (Å²) in [7, 11) is 0. The number of aromatic nitrogens is 1. The third kappa shape index (κ3) is 3.88. The van der Waals surface area contributed by atoms with E-state index in [0.717, 1.165) is 11.8 Å². The summed E-state index contributed by atoms with van der Waals surface area (Å²) >= 11 is 0. The van der Waals surface area contributed by atoms with Crippen molar-refractivity contribution in [3.63, 3.8) is 0 Å². The molecule has 0 aliphatic carbocycles. The van der Waals surface area contributed by atoms with Crippen LogP contribution in [0.4, 0.5) is 18.9 Å². The van der Waals surface area contributed by atoms with Gasteiger partial charge in [-0.15, -0.1) is 0 Å². The van der Waals surface area contributed by atoms with Gasteiger partial charge in [0.05, 0.1) is 0 Å². The van der Waals surface area contributed by atoms with Gasteiger partial charge in [-0.2, -0.15) is 13.2 Å². The first kappa shape index (κ1) is 14.2. The van der Waals surface area contributed by atoms with Crippen LogP contribution in [0, 0.1) is 0 Å². The minimum atomic E-state index is -4.46. The molecule has 0 saturated heterocycles. The van der Waals surface area contributed by atoms with Crippen LogP contribution in [0.15, 0.2) is 48.7 Å². The van der Waals surface area contributed by atoms with Crippen LogP contribution < -0.4 is 10.1 Å². The van der Waals surface area contributed by atoms with E-state index in [1.54, 1.807) is 0 Å². The van der Waals surface area contributed by atoms with E-state index in [1.807, 2.05) is 30.3 Å². The molecule has 20 heavy (non-hydrogen) atoms.